The number of nitrogens with one attached hydrogen (secondary N) is 1. The van der Waals surface area contributed by atoms with E-state index >= 15 is 0 Å². The van der Waals surface area contributed by atoms with Gasteiger partial charge in [0, 0.05) is 13.1 Å². The Kier molecular flexibility index (Phi) is 3.42. The van der Waals surface area contributed by atoms with E-state index in [0.29, 0.717) is 0 Å². The molecular weight excluding hydrogens is 234 g/mol. The molecule has 0 aliphatic rings. The number of anilines is 1. The standard InChI is InChI=1S/C9H12BrNO2/c1-11-7-4-6(10)8(12-2)5-9(7)13-3/h4-5,11H,1-3H3. The first-order valence-electron chi connectivity index (χ1n) is 3.82. The number of hydrogen-bond donors (Lipinski definition) is 1. The molecule has 1 rings (SSSR count). The van der Waals surface area contributed by atoms with Gasteiger partial charge in [0.25, 0.3) is 0 Å². The first-order chi connectivity index (χ1) is 6.22. The first kappa shape index (κ1) is 10.2. The van der Waals surface area contributed by atoms with Gasteiger partial charge in [-0.15, -0.1) is 0 Å². The molecule has 0 radical (unpaired) electrons. The molecule has 0 spiro atoms. The number of benzene rings is 1. The minimum absolute atomic E-state index is 0.760. The van der Waals surface area contributed by atoms with Crippen LogP contribution in [0.25, 0.3) is 0 Å². The zero-order chi connectivity index (χ0) is 9.84. The summed E-state index contributed by atoms with van der Waals surface area (Å²) in [6.07, 6.45) is 0. The van der Waals surface area contributed by atoms with Gasteiger partial charge >= 0.3 is 0 Å². The molecule has 13 heavy (non-hydrogen) atoms. The number of ether oxygens (including phenoxy) is 2. The van der Waals surface area contributed by atoms with Crippen LogP contribution in [-0.4, -0.2) is 21.3 Å². The second-order valence-electron chi connectivity index (χ2n) is 2.44. The Labute approximate surface area is 86.2 Å². The highest BCUT2D eigenvalue weighted by Crippen LogP contribution is 2.35. The molecule has 1 N–H and O–H groups in total. The van der Waals surface area contributed by atoms with Crippen LogP contribution in [-0.2, 0) is 0 Å². The predicted octanol–water partition coefficient (Wildman–Crippen LogP) is 2.51. The van der Waals surface area contributed by atoms with E-state index < -0.39 is 0 Å². The van der Waals surface area contributed by atoms with Crippen LogP contribution in [0, 0.1) is 0 Å². The Morgan fingerprint density at radius 3 is 2.23 bits per heavy atom. The van der Waals surface area contributed by atoms with Crippen LogP contribution in [0.3, 0.4) is 0 Å². The minimum Gasteiger partial charge on any atom is -0.495 e. The fourth-order valence-electron chi connectivity index (χ4n) is 1.06. The van der Waals surface area contributed by atoms with Crippen LogP contribution in [0.2, 0.25) is 0 Å². The normalized spacial score (nSPS) is 9.54. The van der Waals surface area contributed by atoms with Crippen LogP contribution in [0.15, 0.2) is 16.6 Å². The van der Waals surface area contributed by atoms with Gasteiger partial charge in [-0.25, -0.2) is 0 Å². The van der Waals surface area contributed by atoms with Gasteiger partial charge < -0.3 is 14.8 Å². The topological polar surface area (TPSA) is 30.5 Å². The van der Waals surface area contributed by atoms with Crippen molar-refractivity contribution >= 4 is 21.6 Å². The van der Waals surface area contributed by atoms with Gasteiger partial charge in [0.15, 0.2) is 0 Å². The lowest BCUT2D eigenvalue weighted by Gasteiger charge is -2.11. The molecule has 1 aromatic rings. The van der Waals surface area contributed by atoms with Crippen LogP contribution in [0.4, 0.5) is 5.69 Å². The van der Waals surface area contributed by atoms with Crippen molar-refractivity contribution in [1.29, 1.82) is 0 Å². The molecule has 0 saturated heterocycles. The van der Waals surface area contributed by atoms with E-state index in [2.05, 4.69) is 21.2 Å². The largest absolute Gasteiger partial charge is 0.495 e. The van der Waals surface area contributed by atoms with E-state index in [1.165, 1.54) is 0 Å². The van der Waals surface area contributed by atoms with Crippen molar-refractivity contribution in [3.8, 4) is 11.5 Å². The molecule has 0 atom stereocenters. The van der Waals surface area contributed by atoms with Crippen LogP contribution in [0.1, 0.15) is 0 Å². The molecule has 0 saturated carbocycles. The Hall–Kier alpha value is -0.900. The lowest BCUT2D eigenvalue weighted by Crippen LogP contribution is -1.95. The monoisotopic (exact) mass is 245 g/mol. The first-order valence-corrected chi connectivity index (χ1v) is 4.61. The van der Waals surface area contributed by atoms with Gasteiger partial charge in [-0.05, 0) is 22.0 Å². The summed E-state index contributed by atoms with van der Waals surface area (Å²) in [6.45, 7) is 0. The summed E-state index contributed by atoms with van der Waals surface area (Å²) in [6, 6.07) is 3.74. The molecule has 72 valence electrons. The summed E-state index contributed by atoms with van der Waals surface area (Å²) < 4.78 is 11.2. The second kappa shape index (κ2) is 4.37. The average molecular weight is 246 g/mol. The van der Waals surface area contributed by atoms with Crippen molar-refractivity contribution in [2.24, 2.45) is 0 Å². The number of rotatable bonds is 3. The molecule has 0 fully saturated rings. The maximum atomic E-state index is 5.17. The van der Waals surface area contributed by atoms with Gasteiger partial charge in [-0.1, -0.05) is 0 Å². The summed E-state index contributed by atoms with van der Waals surface area (Å²) in [7, 11) is 5.10. The van der Waals surface area contributed by atoms with Crippen molar-refractivity contribution < 1.29 is 9.47 Å². The molecule has 4 heteroatoms. The third-order valence-electron chi connectivity index (χ3n) is 1.74. The van der Waals surface area contributed by atoms with Crippen molar-refractivity contribution in [3.05, 3.63) is 16.6 Å². The predicted molar refractivity (Wildman–Crippen MR) is 56.8 cm³/mol. The summed E-state index contributed by atoms with van der Waals surface area (Å²) in [5.41, 5.74) is 0.926. The number of hydrogen-bond acceptors (Lipinski definition) is 3. The summed E-state index contributed by atoms with van der Waals surface area (Å²) in [4.78, 5) is 0. The highest BCUT2D eigenvalue weighted by atomic mass is 79.9. The van der Waals surface area contributed by atoms with E-state index in [1.807, 2.05) is 19.2 Å². The summed E-state index contributed by atoms with van der Waals surface area (Å²) in [5.74, 6) is 1.53. The Morgan fingerprint density at radius 2 is 1.77 bits per heavy atom. The van der Waals surface area contributed by atoms with E-state index in [-0.39, 0.29) is 0 Å². The lowest BCUT2D eigenvalue weighted by atomic mass is 10.3. The fraction of sp³-hybridized carbons (Fsp3) is 0.333. The molecule has 3 nitrogen and oxygen atoms in total. The Bertz CT molecular complexity index is 302. The van der Waals surface area contributed by atoms with Crippen LogP contribution >= 0.6 is 15.9 Å². The highest BCUT2D eigenvalue weighted by molar-refractivity contribution is 9.10. The van der Waals surface area contributed by atoms with Gasteiger partial charge in [-0.3, -0.25) is 0 Å². The van der Waals surface area contributed by atoms with Crippen molar-refractivity contribution in [2.45, 2.75) is 0 Å². The smallest absolute Gasteiger partial charge is 0.145 e. The highest BCUT2D eigenvalue weighted by Gasteiger charge is 2.07. The number of halogens is 1. The SMILES string of the molecule is CNc1cc(Br)c(OC)cc1OC. The molecule has 0 amide bonds. The van der Waals surface area contributed by atoms with Gasteiger partial charge in [-0.2, -0.15) is 0 Å². The third kappa shape index (κ3) is 2.06. The number of methoxy groups -OCH3 is 2. The lowest BCUT2D eigenvalue weighted by molar-refractivity contribution is 0.394. The molecule has 0 heterocycles. The van der Waals surface area contributed by atoms with Gasteiger partial charge in [0.05, 0.1) is 24.4 Å². The zero-order valence-electron chi connectivity index (χ0n) is 7.85. The van der Waals surface area contributed by atoms with E-state index in [1.54, 1.807) is 14.2 Å². The van der Waals surface area contributed by atoms with Gasteiger partial charge in [0.2, 0.25) is 0 Å². The van der Waals surface area contributed by atoms with E-state index in [0.717, 1.165) is 21.7 Å². The van der Waals surface area contributed by atoms with E-state index in [4.69, 9.17) is 9.47 Å². The second-order valence-corrected chi connectivity index (χ2v) is 3.29. The van der Waals surface area contributed by atoms with Crippen molar-refractivity contribution in [2.75, 3.05) is 26.6 Å². The molecule has 0 aromatic heterocycles. The summed E-state index contributed by atoms with van der Waals surface area (Å²) in [5, 5.41) is 3.03. The van der Waals surface area contributed by atoms with Crippen molar-refractivity contribution in [3.63, 3.8) is 0 Å². The molecule has 1 aromatic carbocycles. The van der Waals surface area contributed by atoms with Crippen LogP contribution < -0.4 is 14.8 Å². The zero-order valence-corrected chi connectivity index (χ0v) is 9.44. The quantitative estimate of drug-likeness (QED) is 0.888. The Morgan fingerprint density at radius 1 is 1.15 bits per heavy atom. The van der Waals surface area contributed by atoms with Crippen molar-refractivity contribution in [1.82, 2.24) is 0 Å². The fourth-order valence-corrected chi connectivity index (χ4v) is 1.56. The third-order valence-corrected chi connectivity index (χ3v) is 2.36. The molecule has 0 aliphatic heterocycles. The van der Waals surface area contributed by atoms with Crippen LogP contribution in [0.5, 0.6) is 11.5 Å². The van der Waals surface area contributed by atoms with Gasteiger partial charge in [0.1, 0.15) is 11.5 Å². The molecule has 0 aliphatic carbocycles. The van der Waals surface area contributed by atoms with E-state index in [9.17, 15) is 0 Å². The summed E-state index contributed by atoms with van der Waals surface area (Å²) >= 11 is 3.39. The Balaban J connectivity index is 3.18. The molecule has 0 unspecified atom stereocenters. The maximum Gasteiger partial charge on any atom is 0.145 e. The minimum atomic E-state index is 0.760. The average Bonchev–Trinajstić information content (AvgIpc) is 2.17. The molecular formula is C9H12BrNO2. The maximum absolute atomic E-state index is 5.17. The molecule has 0 bridgehead atoms.